The first-order chi connectivity index (χ1) is 21.3. The summed E-state index contributed by atoms with van der Waals surface area (Å²) in [6.45, 7) is 6.35. The maximum Gasteiger partial charge on any atom is 0.286 e. The highest BCUT2D eigenvalue weighted by molar-refractivity contribution is 6.02. The van der Waals surface area contributed by atoms with E-state index in [0.29, 0.717) is 34.3 Å². The van der Waals surface area contributed by atoms with Gasteiger partial charge in [0.05, 0.1) is 0 Å². The number of halogens is 2. The Morgan fingerprint density at radius 1 is 1.02 bits per heavy atom. The van der Waals surface area contributed by atoms with Crippen molar-refractivity contribution in [3.8, 4) is 17.2 Å². The first-order valence-electron chi connectivity index (χ1n) is 14.2. The molecule has 2 aromatic carbocycles. The highest BCUT2D eigenvalue weighted by Gasteiger charge is 2.23. The Morgan fingerprint density at radius 3 is 2.52 bits per heavy atom. The molecule has 1 amide bonds. The first kappa shape index (κ1) is 28.9. The molecule has 1 fully saturated rings. The highest BCUT2D eigenvalue weighted by atomic mass is 19.1. The van der Waals surface area contributed by atoms with Crippen molar-refractivity contribution >= 4 is 28.4 Å². The fourth-order valence-electron chi connectivity index (χ4n) is 5.21. The molecule has 1 saturated heterocycles. The predicted octanol–water partition coefficient (Wildman–Crippen LogP) is 5.11. The number of carbonyl (C=O) groups excluding carboxylic acids is 1. The van der Waals surface area contributed by atoms with Gasteiger partial charge in [0.15, 0.2) is 28.7 Å². The second kappa shape index (κ2) is 12.2. The number of aromatic amines is 1. The smallest absolute Gasteiger partial charge is 0.286 e. The summed E-state index contributed by atoms with van der Waals surface area (Å²) in [5, 5.41) is 13.9. The van der Waals surface area contributed by atoms with Gasteiger partial charge in [-0.1, -0.05) is 0 Å². The lowest BCUT2D eigenvalue weighted by Gasteiger charge is -2.34. The van der Waals surface area contributed by atoms with Gasteiger partial charge in [-0.05, 0) is 63.1 Å². The molecule has 3 N–H and O–H groups in total. The molecule has 0 radical (unpaired) electrons. The number of amides is 1. The summed E-state index contributed by atoms with van der Waals surface area (Å²) < 4.78 is 35.7. The number of fused-ring (bicyclic) bond motifs is 1. The van der Waals surface area contributed by atoms with Crippen molar-refractivity contribution in [2.75, 3.05) is 23.7 Å². The average molecular weight is 601 g/mol. The van der Waals surface area contributed by atoms with E-state index in [-0.39, 0.29) is 17.5 Å². The molecule has 0 spiro atoms. The summed E-state index contributed by atoms with van der Waals surface area (Å²) in [7, 11) is 0. The molecule has 44 heavy (non-hydrogen) atoms. The topological polar surface area (TPSA) is 130 Å². The van der Waals surface area contributed by atoms with Crippen LogP contribution in [0.5, 0.6) is 11.5 Å². The van der Waals surface area contributed by atoms with Crippen LogP contribution in [-0.2, 0) is 0 Å². The van der Waals surface area contributed by atoms with Crippen LogP contribution in [0.25, 0.3) is 16.7 Å². The number of rotatable bonds is 8. The van der Waals surface area contributed by atoms with Crippen molar-refractivity contribution in [2.45, 2.75) is 38.8 Å². The number of nitrogens with zero attached hydrogens (tertiary/aromatic N) is 5. The van der Waals surface area contributed by atoms with E-state index in [0.717, 1.165) is 32.0 Å². The number of hydrogen-bond acceptors (Lipinski definition) is 8. The van der Waals surface area contributed by atoms with E-state index in [1.807, 2.05) is 0 Å². The number of anilines is 2. The molecule has 13 heteroatoms. The van der Waals surface area contributed by atoms with Gasteiger partial charge < -0.3 is 20.3 Å². The van der Waals surface area contributed by atoms with Crippen molar-refractivity contribution in [1.82, 2.24) is 29.6 Å². The largest absolute Gasteiger partial charge is 0.453 e. The van der Waals surface area contributed by atoms with Crippen LogP contribution in [0, 0.1) is 11.6 Å². The van der Waals surface area contributed by atoms with Crippen molar-refractivity contribution in [3.05, 3.63) is 94.8 Å². The fourth-order valence-corrected chi connectivity index (χ4v) is 5.21. The molecule has 1 aliphatic heterocycles. The molecule has 6 rings (SSSR count). The molecule has 226 valence electrons. The van der Waals surface area contributed by atoms with Gasteiger partial charge in [0.2, 0.25) is 0 Å². The lowest BCUT2D eigenvalue weighted by molar-refractivity contribution is 0.102. The summed E-state index contributed by atoms with van der Waals surface area (Å²) in [5.41, 5.74) is -0.175. The lowest BCUT2D eigenvalue weighted by atomic mass is 10.0. The van der Waals surface area contributed by atoms with Gasteiger partial charge in [0, 0.05) is 67.3 Å². The molecule has 0 saturated carbocycles. The molecule has 0 bridgehead atoms. The van der Waals surface area contributed by atoms with Crippen LogP contribution in [0.3, 0.4) is 0 Å². The third kappa shape index (κ3) is 5.99. The third-order valence-corrected chi connectivity index (χ3v) is 7.59. The Hall–Kier alpha value is -5.17. The van der Waals surface area contributed by atoms with Crippen LogP contribution in [-0.4, -0.2) is 60.7 Å². The Bertz CT molecular complexity index is 1860. The van der Waals surface area contributed by atoms with E-state index in [4.69, 9.17) is 4.74 Å². The summed E-state index contributed by atoms with van der Waals surface area (Å²) in [4.78, 5) is 36.5. The van der Waals surface area contributed by atoms with Gasteiger partial charge in [-0.2, -0.15) is 5.10 Å². The van der Waals surface area contributed by atoms with Crippen LogP contribution in [0.2, 0.25) is 0 Å². The zero-order valence-corrected chi connectivity index (χ0v) is 24.1. The number of hydrogen-bond donors (Lipinski definition) is 3. The molecular formula is C31H30F2N8O3. The van der Waals surface area contributed by atoms with Gasteiger partial charge in [-0.3, -0.25) is 19.3 Å². The number of aromatic nitrogens is 5. The molecule has 0 atom stereocenters. The number of pyridine rings is 1. The van der Waals surface area contributed by atoms with Gasteiger partial charge in [0.1, 0.15) is 17.0 Å². The monoisotopic (exact) mass is 600 g/mol. The van der Waals surface area contributed by atoms with E-state index in [1.54, 1.807) is 12.3 Å². The number of piperidine rings is 1. The predicted molar refractivity (Wildman–Crippen MR) is 161 cm³/mol. The zero-order valence-electron chi connectivity index (χ0n) is 24.1. The molecule has 0 unspecified atom stereocenters. The van der Waals surface area contributed by atoms with E-state index in [1.165, 1.54) is 53.4 Å². The van der Waals surface area contributed by atoms with Crippen LogP contribution in [0.4, 0.5) is 20.3 Å². The molecule has 5 aromatic rings. The Labute approximate surface area is 250 Å². The average Bonchev–Trinajstić information content (AvgIpc) is 3.43. The van der Waals surface area contributed by atoms with Crippen LogP contribution in [0.1, 0.15) is 37.2 Å². The molecule has 11 nitrogen and oxygen atoms in total. The molecule has 1 aliphatic rings. The second-order valence-corrected chi connectivity index (χ2v) is 10.8. The van der Waals surface area contributed by atoms with Gasteiger partial charge >= 0.3 is 0 Å². The minimum Gasteiger partial charge on any atom is -0.453 e. The number of ether oxygens (including phenoxy) is 1. The normalized spacial score (nSPS) is 14.2. The van der Waals surface area contributed by atoms with E-state index < -0.39 is 28.8 Å². The van der Waals surface area contributed by atoms with Crippen molar-refractivity contribution in [2.24, 2.45) is 0 Å². The molecule has 4 heterocycles. The SMILES string of the molecule is CC(C)N1CCC(Nc2n[nH]c3nccc(Oc4ccc(NC(=O)c5nccn(-c6ccc(F)cc6)c5=O)cc4F)c23)CC1. The summed E-state index contributed by atoms with van der Waals surface area (Å²) in [6.07, 6.45) is 6.11. The van der Waals surface area contributed by atoms with E-state index >= 15 is 4.39 Å². The quantitative estimate of drug-likeness (QED) is 0.224. The van der Waals surface area contributed by atoms with E-state index in [2.05, 4.69) is 49.5 Å². The minimum absolute atomic E-state index is 0.0793. The number of likely N-dealkylation sites (tertiary alicyclic amines) is 1. The molecular weight excluding hydrogens is 570 g/mol. The zero-order chi connectivity index (χ0) is 30.8. The Morgan fingerprint density at radius 2 is 1.80 bits per heavy atom. The Kier molecular flexibility index (Phi) is 8.03. The van der Waals surface area contributed by atoms with Crippen molar-refractivity contribution in [3.63, 3.8) is 0 Å². The summed E-state index contributed by atoms with van der Waals surface area (Å²) in [6, 6.07) is 11.5. The van der Waals surface area contributed by atoms with Gasteiger partial charge in [-0.15, -0.1) is 0 Å². The second-order valence-electron chi connectivity index (χ2n) is 10.8. The van der Waals surface area contributed by atoms with E-state index in [9.17, 15) is 14.0 Å². The maximum absolute atomic E-state index is 15.2. The first-order valence-corrected chi connectivity index (χ1v) is 14.2. The summed E-state index contributed by atoms with van der Waals surface area (Å²) >= 11 is 0. The number of H-pyrrole nitrogens is 1. The van der Waals surface area contributed by atoms with Crippen molar-refractivity contribution < 1.29 is 18.3 Å². The van der Waals surface area contributed by atoms with Gasteiger partial charge in [-0.25, -0.2) is 18.7 Å². The lowest BCUT2D eigenvalue weighted by Crippen LogP contribution is -2.42. The number of nitrogens with one attached hydrogen (secondary N) is 3. The van der Waals surface area contributed by atoms with Crippen molar-refractivity contribution in [1.29, 1.82) is 0 Å². The highest BCUT2D eigenvalue weighted by Crippen LogP contribution is 2.35. The maximum atomic E-state index is 15.2. The number of benzene rings is 2. The molecule has 3 aromatic heterocycles. The summed E-state index contributed by atoms with van der Waals surface area (Å²) in [5.74, 6) is -1.17. The fraction of sp³-hybridized carbons (Fsp3) is 0.258. The minimum atomic E-state index is -0.830. The van der Waals surface area contributed by atoms with Gasteiger partial charge in [0.25, 0.3) is 11.5 Å². The van der Waals surface area contributed by atoms with Crippen LogP contribution < -0.4 is 20.9 Å². The molecule has 0 aliphatic carbocycles. The van der Waals surface area contributed by atoms with Crippen LogP contribution >= 0.6 is 0 Å². The standard InChI is InChI=1S/C31H30F2N8O3/c1-18(2)40-14-10-20(11-15-40)36-29-26-25(9-12-35-28(26)38-39-29)44-24-8-5-21(17-23(24)33)37-30(42)27-31(43)41(16-13-34-27)22-6-3-19(32)4-7-22/h3-9,12-13,16-18,20H,10-11,14-15H2,1-2H3,(H,37,42)(H2,35,36,38,39). The number of carbonyl (C=O) groups is 1. The third-order valence-electron chi connectivity index (χ3n) is 7.59. The van der Waals surface area contributed by atoms with Crippen LogP contribution in [0.15, 0.2) is 71.9 Å². The Balaban J connectivity index is 1.18.